The normalized spacial score (nSPS) is 17.2. The van der Waals surface area contributed by atoms with Crippen LogP contribution in [0.2, 0.25) is 5.02 Å². The summed E-state index contributed by atoms with van der Waals surface area (Å²) in [6, 6.07) is 5.84. The van der Waals surface area contributed by atoms with Crippen molar-refractivity contribution in [3.05, 3.63) is 28.8 Å². The summed E-state index contributed by atoms with van der Waals surface area (Å²) in [6.45, 7) is 2.11. The summed E-state index contributed by atoms with van der Waals surface area (Å²) in [5.41, 5.74) is 1.95. The summed E-state index contributed by atoms with van der Waals surface area (Å²) in [5, 5.41) is 10.0. The quantitative estimate of drug-likeness (QED) is 0.881. The van der Waals surface area contributed by atoms with E-state index in [-0.39, 0.29) is 6.61 Å². The molecule has 0 aliphatic carbocycles. The molecule has 0 spiro atoms. The van der Waals surface area contributed by atoms with Crippen molar-refractivity contribution in [3.8, 4) is 0 Å². The Morgan fingerprint density at radius 2 is 2.19 bits per heavy atom. The lowest BCUT2D eigenvalue weighted by Crippen LogP contribution is -2.26. The van der Waals surface area contributed by atoms with Gasteiger partial charge in [0.1, 0.15) is 0 Å². The molecule has 1 fully saturated rings. The first kappa shape index (κ1) is 12.1. The molecule has 0 bridgehead atoms. The first-order valence-corrected chi connectivity index (χ1v) is 7.07. The molecular weight excluding hydrogens is 242 g/mol. The molecule has 0 aromatic heterocycles. The van der Waals surface area contributed by atoms with Crippen molar-refractivity contribution >= 4 is 29.1 Å². The topological polar surface area (TPSA) is 23.5 Å². The van der Waals surface area contributed by atoms with Gasteiger partial charge in [-0.25, -0.2) is 0 Å². The highest BCUT2D eigenvalue weighted by molar-refractivity contribution is 7.99. The molecule has 1 heterocycles. The second-order valence-corrected chi connectivity index (χ2v) is 5.48. The van der Waals surface area contributed by atoms with E-state index in [0.717, 1.165) is 30.1 Å². The van der Waals surface area contributed by atoms with E-state index in [1.807, 2.05) is 30.0 Å². The molecule has 0 atom stereocenters. The van der Waals surface area contributed by atoms with Crippen molar-refractivity contribution in [3.63, 3.8) is 0 Å². The molecule has 2 nitrogen and oxygen atoms in total. The zero-order chi connectivity index (χ0) is 11.4. The van der Waals surface area contributed by atoms with Crippen LogP contribution in [0.3, 0.4) is 0 Å². The maximum Gasteiger partial charge on any atom is 0.0716 e. The molecular formula is C12H16ClNOS. The molecule has 2 rings (SSSR count). The summed E-state index contributed by atoms with van der Waals surface area (Å²) in [7, 11) is 0. The maximum absolute atomic E-state index is 9.38. The average molecular weight is 258 g/mol. The SMILES string of the molecule is OCc1c(Cl)cccc1N1CCCSCC1. The van der Waals surface area contributed by atoms with Crippen molar-refractivity contribution in [2.75, 3.05) is 29.5 Å². The van der Waals surface area contributed by atoms with Crippen molar-refractivity contribution in [1.82, 2.24) is 0 Å². The predicted octanol–water partition coefficient (Wildman–Crippen LogP) is 2.78. The van der Waals surface area contributed by atoms with Crippen LogP contribution < -0.4 is 4.90 Å². The van der Waals surface area contributed by atoms with Gasteiger partial charge in [-0.15, -0.1) is 0 Å². The van der Waals surface area contributed by atoms with Crippen LogP contribution in [0.5, 0.6) is 0 Å². The van der Waals surface area contributed by atoms with Gasteiger partial charge in [0.25, 0.3) is 0 Å². The van der Waals surface area contributed by atoms with Crippen LogP contribution in [0.1, 0.15) is 12.0 Å². The van der Waals surface area contributed by atoms with Crippen LogP contribution in [0.4, 0.5) is 5.69 Å². The van der Waals surface area contributed by atoms with Crippen LogP contribution in [0.15, 0.2) is 18.2 Å². The zero-order valence-electron chi connectivity index (χ0n) is 9.16. The molecule has 1 aromatic carbocycles. The van der Waals surface area contributed by atoms with E-state index in [2.05, 4.69) is 4.90 Å². The highest BCUT2D eigenvalue weighted by atomic mass is 35.5. The number of benzene rings is 1. The first-order chi connectivity index (χ1) is 7.83. The summed E-state index contributed by atoms with van der Waals surface area (Å²) >= 11 is 8.09. The average Bonchev–Trinajstić information content (AvgIpc) is 2.57. The van der Waals surface area contributed by atoms with E-state index in [4.69, 9.17) is 11.6 Å². The smallest absolute Gasteiger partial charge is 0.0716 e. The Morgan fingerprint density at radius 3 is 3.00 bits per heavy atom. The second kappa shape index (κ2) is 5.80. The summed E-state index contributed by atoms with van der Waals surface area (Å²) in [6.07, 6.45) is 1.20. The van der Waals surface area contributed by atoms with Gasteiger partial charge in [0.15, 0.2) is 0 Å². The van der Waals surface area contributed by atoms with E-state index in [9.17, 15) is 5.11 Å². The van der Waals surface area contributed by atoms with Gasteiger partial charge in [0.05, 0.1) is 6.61 Å². The largest absolute Gasteiger partial charge is 0.392 e. The molecule has 0 amide bonds. The molecule has 1 N–H and O–H groups in total. The van der Waals surface area contributed by atoms with Gasteiger partial charge in [-0.1, -0.05) is 17.7 Å². The third-order valence-electron chi connectivity index (χ3n) is 2.82. The van der Waals surface area contributed by atoms with Crippen LogP contribution in [-0.4, -0.2) is 29.7 Å². The van der Waals surface area contributed by atoms with Crippen LogP contribution in [-0.2, 0) is 6.61 Å². The maximum atomic E-state index is 9.38. The number of aliphatic hydroxyl groups is 1. The Balaban J connectivity index is 2.27. The monoisotopic (exact) mass is 257 g/mol. The molecule has 0 radical (unpaired) electrons. The number of aliphatic hydroxyl groups excluding tert-OH is 1. The number of rotatable bonds is 2. The number of halogens is 1. The van der Waals surface area contributed by atoms with Crippen molar-refractivity contribution < 1.29 is 5.11 Å². The highest BCUT2D eigenvalue weighted by Gasteiger charge is 2.14. The highest BCUT2D eigenvalue weighted by Crippen LogP contribution is 2.28. The van der Waals surface area contributed by atoms with Crippen molar-refractivity contribution in [2.45, 2.75) is 13.0 Å². The Bertz CT molecular complexity index is 351. The minimum absolute atomic E-state index is 0.0125. The van der Waals surface area contributed by atoms with Gasteiger partial charge >= 0.3 is 0 Å². The molecule has 1 aromatic rings. The van der Waals surface area contributed by atoms with Crippen molar-refractivity contribution in [1.29, 1.82) is 0 Å². The second-order valence-electron chi connectivity index (χ2n) is 3.85. The predicted molar refractivity (Wildman–Crippen MR) is 71.5 cm³/mol. The van der Waals surface area contributed by atoms with E-state index in [1.165, 1.54) is 12.2 Å². The lowest BCUT2D eigenvalue weighted by Gasteiger charge is -2.25. The number of thioether (sulfide) groups is 1. The third kappa shape index (κ3) is 2.65. The van der Waals surface area contributed by atoms with Gasteiger partial charge in [0.2, 0.25) is 0 Å². The fraction of sp³-hybridized carbons (Fsp3) is 0.500. The van der Waals surface area contributed by atoms with Crippen LogP contribution in [0, 0.1) is 0 Å². The molecule has 16 heavy (non-hydrogen) atoms. The van der Waals surface area contributed by atoms with Gasteiger partial charge < -0.3 is 10.0 Å². The lowest BCUT2D eigenvalue weighted by molar-refractivity contribution is 0.282. The Labute approximate surface area is 106 Å². The van der Waals surface area contributed by atoms with Gasteiger partial charge in [-0.05, 0) is 24.3 Å². The summed E-state index contributed by atoms with van der Waals surface area (Å²) < 4.78 is 0. The Kier molecular flexibility index (Phi) is 4.38. The van der Waals surface area contributed by atoms with E-state index in [0.29, 0.717) is 5.02 Å². The Morgan fingerprint density at radius 1 is 1.31 bits per heavy atom. The first-order valence-electron chi connectivity index (χ1n) is 5.54. The molecule has 1 aliphatic rings. The standard InChI is InChI=1S/C12H16ClNOS/c13-11-3-1-4-12(10(11)9-15)14-5-2-7-16-8-6-14/h1,3-4,15H,2,5-9H2. The molecule has 1 aliphatic heterocycles. The van der Waals surface area contributed by atoms with Gasteiger partial charge in [-0.3, -0.25) is 0 Å². The lowest BCUT2D eigenvalue weighted by atomic mass is 10.1. The number of anilines is 1. The molecule has 0 unspecified atom stereocenters. The zero-order valence-corrected chi connectivity index (χ0v) is 10.7. The third-order valence-corrected chi connectivity index (χ3v) is 4.22. The minimum atomic E-state index is 0.0125. The fourth-order valence-corrected chi connectivity index (χ4v) is 3.10. The summed E-state index contributed by atoms with van der Waals surface area (Å²) in [5.74, 6) is 2.38. The fourth-order valence-electron chi connectivity index (χ4n) is 1.99. The molecule has 0 saturated carbocycles. The Hall–Kier alpha value is -0.380. The number of nitrogens with zero attached hydrogens (tertiary/aromatic N) is 1. The summed E-state index contributed by atoms with van der Waals surface area (Å²) in [4.78, 5) is 2.33. The number of hydrogen-bond donors (Lipinski definition) is 1. The number of hydrogen-bond acceptors (Lipinski definition) is 3. The molecule has 1 saturated heterocycles. The van der Waals surface area contributed by atoms with E-state index < -0.39 is 0 Å². The van der Waals surface area contributed by atoms with Crippen molar-refractivity contribution in [2.24, 2.45) is 0 Å². The van der Waals surface area contributed by atoms with E-state index >= 15 is 0 Å². The van der Waals surface area contributed by atoms with Crippen LogP contribution in [0.25, 0.3) is 0 Å². The van der Waals surface area contributed by atoms with Crippen LogP contribution >= 0.6 is 23.4 Å². The molecule has 88 valence electrons. The minimum Gasteiger partial charge on any atom is -0.392 e. The van der Waals surface area contributed by atoms with Gasteiger partial charge in [-0.2, -0.15) is 11.8 Å². The van der Waals surface area contributed by atoms with E-state index in [1.54, 1.807) is 0 Å². The molecule has 4 heteroatoms. The van der Waals surface area contributed by atoms with Gasteiger partial charge in [0, 0.05) is 35.1 Å².